The molecule has 2 aliphatic heterocycles. The van der Waals surface area contributed by atoms with E-state index in [-0.39, 0.29) is 5.91 Å². The predicted octanol–water partition coefficient (Wildman–Crippen LogP) is 2.14. The largest absolute Gasteiger partial charge is 0.337 e. The van der Waals surface area contributed by atoms with E-state index < -0.39 is 0 Å². The minimum Gasteiger partial charge on any atom is -0.337 e. The van der Waals surface area contributed by atoms with Gasteiger partial charge in [0, 0.05) is 19.6 Å². The van der Waals surface area contributed by atoms with Crippen molar-refractivity contribution in [1.29, 1.82) is 0 Å². The monoisotopic (exact) mass is 345 g/mol. The number of rotatable bonds is 2. The molecule has 0 atom stereocenters. The fourth-order valence-electron chi connectivity index (χ4n) is 3.69. The maximum absolute atomic E-state index is 12.7. The minimum atomic E-state index is -0.0471. The number of nitrogens with zero attached hydrogens (tertiary/aromatic N) is 4. The summed E-state index contributed by atoms with van der Waals surface area (Å²) in [6.45, 7) is 3.76. The van der Waals surface area contributed by atoms with Gasteiger partial charge in [-0.05, 0) is 43.4 Å². The number of carbonyl (C=O) groups excluding carboxylic acids is 1. The lowest BCUT2D eigenvalue weighted by Crippen LogP contribution is -2.44. The molecule has 2 saturated heterocycles. The van der Waals surface area contributed by atoms with Crippen molar-refractivity contribution in [3.8, 4) is 5.69 Å². The summed E-state index contributed by atoms with van der Waals surface area (Å²) in [5.74, 6) is -0.0471. The molecule has 2 aromatic rings. The Bertz CT molecular complexity index is 743. The van der Waals surface area contributed by atoms with Gasteiger partial charge < -0.3 is 10.2 Å². The van der Waals surface area contributed by atoms with E-state index in [1.807, 2.05) is 23.1 Å². The molecule has 1 amide bonds. The number of amides is 1. The Morgan fingerprint density at radius 1 is 1.21 bits per heavy atom. The van der Waals surface area contributed by atoms with Crippen molar-refractivity contribution in [3.05, 3.63) is 41.2 Å². The van der Waals surface area contributed by atoms with Gasteiger partial charge in [-0.2, -0.15) is 0 Å². The topological polar surface area (TPSA) is 63.1 Å². The molecule has 1 N–H and O–H groups in total. The Morgan fingerprint density at radius 3 is 2.71 bits per heavy atom. The van der Waals surface area contributed by atoms with Crippen LogP contribution in [0.2, 0.25) is 5.02 Å². The smallest absolute Gasteiger partial charge is 0.276 e. The molecule has 126 valence electrons. The van der Waals surface area contributed by atoms with Gasteiger partial charge >= 0.3 is 0 Å². The molecule has 2 aliphatic rings. The van der Waals surface area contributed by atoms with Crippen LogP contribution in [0.4, 0.5) is 0 Å². The van der Waals surface area contributed by atoms with Crippen molar-refractivity contribution in [3.63, 3.8) is 0 Å². The summed E-state index contributed by atoms with van der Waals surface area (Å²) < 4.78 is 1.56. The second-order valence-electron chi connectivity index (χ2n) is 6.72. The summed E-state index contributed by atoms with van der Waals surface area (Å²) in [5, 5.41) is 12.1. The fraction of sp³-hybridized carbons (Fsp3) is 0.471. The molecular weight excluding hydrogens is 326 g/mol. The number of halogens is 1. The van der Waals surface area contributed by atoms with Crippen molar-refractivity contribution < 1.29 is 4.79 Å². The number of hydrogen-bond donors (Lipinski definition) is 1. The Morgan fingerprint density at radius 2 is 2.00 bits per heavy atom. The Kier molecular flexibility index (Phi) is 4.02. The van der Waals surface area contributed by atoms with E-state index in [4.69, 9.17) is 11.6 Å². The van der Waals surface area contributed by atoms with Crippen molar-refractivity contribution >= 4 is 17.5 Å². The summed E-state index contributed by atoms with van der Waals surface area (Å²) >= 11 is 6.18. The second kappa shape index (κ2) is 6.18. The first-order chi connectivity index (χ1) is 11.7. The van der Waals surface area contributed by atoms with Gasteiger partial charge in [0.15, 0.2) is 5.69 Å². The molecule has 1 aromatic carbocycles. The lowest BCUT2D eigenvalue weighted by Gasteiger charge is -2.38. The van der Waals surface area contributed by atoms with Gasteiger partial charge in [-0.1, -0.05) is 28.9 Å². The molecule has 1 spiro atoms. The zero-order chi connectivity index (χ0) is 16.6. The quantitative estimate of drug-likeness (QED) is 0.905. The van der Waals surface area contributed by atoms with E-state index in [2.05, 4.69) is 15.6 Å². The number of benzene rings is 1. The first-order valence-corrected chi connectivity index (χ1v) is 8.72. The lowest BCUT2D eigenvalue weighted by atomic mass is 9.78. The number of likely N-dealkylation sites (tertiary alicyclic amines) is 1. The van der Waals surface area contributed by atoms with Gasteiger partial charge in [-0.15, -0.1) is 5.10 Å². The summed E-state index contributed by atoms with van der Waals surface area (Å²) in [4.78, 5) is 14.6. The standard InChI is InChI=1S/C17H20ClN5O/c18-13-3-1-2-4-15(13)23-11-14(20-21-23)16(24)22-9-6-17(7-10-22)5-8-19-12-17/h1-4,11,19H,5-10,12H2. The summed E-state index contributed by atoms with van der Waals surface area (Å²) in [7, 11) is 0. The number of piperidine rings is 1. The predicted molar refractivity (Wildman–Crippen MR) is 91.4 cm³/mol. The van der Waals surface area contributed by atoms with E-state index in [9.17, 15) is 4.79 Å². The molecule has 1 aromatic heterocycles. The average Bonchev–Trinajstić information content (AvgIpc) is 3.26. The van der Waals surface area contributed by atoms with Gasteiger partial charge in [-0.3, -0.25) is 4.79 Å². The third kappa shape index (κ3) is 2.80. The highest BCUT2D eigenvalue weighted by Gasteiger charge is 2.38. The molecule has 0 unspecified atom stereocenters. The number of para-hydroxylation sites is 1. The molecular formula is C17H20ClN5O. The third-order valence-corrected chi connectivity index (χ3v) is 5.57. The van der Waals surface area contributed by atoms with Crippen LogP contribution < -0.4 is 5.32 Å². The van der Waals surface area contributed by atoms with E-state index in [1.54, 1.807) is 16.9 Å². The molecule has 0 bridgehead atoms. The van der Waals surface area contributed by atoms with Crippen molar-refractivity contribution in [2.75, 3.05) is 26.2 Å². The number of aromatic nitrogens is 3. The van der Waals surface area contributed by atoms with E-state index in [0.717, 1.165) is 44.7 Å². The molecule has 2 fully saturated rings. The summed E-state index contributed by atoms with van der Waals surface area (Å²) in [6.07, 6.45) is 5.00. The first kappa shape index (κ1) is 15.6. The molecule has 6 nitrogen and oxygen atoms in total. The summed E-state index contributed by atoms with van der Waals surface area (Å²) in [6, 6.07) is 7.38. The normalized spacial score (nSPS) is 19.8. The average molecular weight is 346 g/mol. The van der Waals surface area contributed by atoms with E-state index in [0.29, 0.717) is 16.1 Å². The molecule has 0 saturated carbocycles. The number of nitrogens with one attached hydrogen (secondary N) is 1. The van der Waals surface area contributed by atoms with Crippen LogP contribution in [-0.4, -0.2) is 52.0 Å². The zero-order valence-electron chi connectivity index (χ0n) is 13.4. The van der Waals surface area contributed by atoms with Crippen LogP contribution in [0.5, 0.6) is 0 Å². The Labute approximate surface area is 145 Å². The highest BCUT2D eigenvalue weighted by Crippen LogP contribution is 2.37. The van der Waals surface area contributed by atoms with Crippen molar-refractivity contribution in [2.45, 2.75) is 19.3 Å². The van der Waals surface area contributed by atoms with Crippen LogP contribution in [0, 0.1) is 5.41 Å². The maximum Gasteiger partial charge on any atom is 0.276 e. The van der Waals surface area contributed by atoms with Crippen LogP contribution in [0.25, 0.3) is 5.69 Å². The lowest BCUT2D eigenvalue weighted by molar-refractivity contribution is 0.0602. The maximum atomic E-state index is 12.7. The molecule has 0 aliphatic carbocycles. The molecule has 0 radical (unpaired) electrons. The van der Waals surface area contributed by atoms with Gasteiger partial charge in [-0.25, -0.2) is 4.68 Å². The third-order valence-electron chi connectivity index (χ3n) is 5.26. The van der Waals surface area contributed by atoms with E-state index >= 15 is 0 Å². The van der Waals surface area contributed by atoms with Gasteiger partial charge in [0.2, 0.25) is 0 Å². The van der Waals surface area contributed by atoms with Crippen LogP contribution in [-0.2, 0) is 0 Å². The second-order valence-corrected chi connectivity index (χ2v) is 7.13. The fourth-order valence-corrected chi connectivity index (χ4v) is 3.91. The highest BCUT2D eigenvalue weighted by molar-refractivity contribution is 6.32. The van der Waals surface area contributed by atoms with Gasteiger partial charge in [0.1, 0.15) is 0 Å². The Balaban J connectivity index is 1.47. The van der Waals surface area contributed by atoms with E-state index in [1.165, 1.54) is 6.42 Å². The highest BCUT2D eigenvalue weighted by atomic mass is 35.5. The number of hydrogen-bond acceptors (Lipinski definition) is 4. The molecule has 7 heteroatoms. The zero-order valence-corrected chi connectivity index (χ0v) is 14.2. The Hall–Kier alpha value is -1.92. The van der Waals surface area contributed by atoms with Crippen molar-refractivity contribution in [2.24, 2.45) is 5.41 Å². The molecule has 4 rings (SSSR count). The molecule has 24 heavy (non-hydrogen) atoms. The number of carbonyl (C=O) groups is 1. The van der Waals surface area contributed by atoms with Crippen molar-refractivity contribution in [1.82, 2.24) is 25.2 Å². The first-order valence-electron chi connectivity index (χ1n) is 8.34. The summed E-state index contributed by atoms with van der Waals surface area (Å²) in [5.41, 5.74) is 1.49. The van der Waals surface area contributed by atoms with Crippen LogP contribution in [0.15, 0.2) is 30.5 Å². The minimum absolute atomic E-state index is 0.0471. The van der Waals surface area contributed by atoms with Crippen LogP contribution in [0.3, 0.4) is 0 Å². The van der Waals surface area contributed by atoms with Gasteiger partial charge in [0.05, 0.1) is 16.9 Å². The molecule has 3 heterocycles. The SMILES string of the molecule is O=C(c1cn(-c2ccccc2Cl)nn1)N1CCC2(CCNC2)CC1. The van der Waals surface area contributed by atoms with Gasteiger partial charge in [0.25, 0.3) is 5.91 Å². The van der Waals surface area contributed by atoms with Crippen LogP contribution in [0.1, 0.15) is 29.8 Å². The van der Waals surface area contributed by atoms with Crippen LogP contribution >= 0.6 is 11.6 Å².